The molecule has 1 unspecified atom stereocenters. The standard InChI is InChI=1S/C14H12FNO/c1-17-14(10-16)9-12(7-8-13(14)15)11-5-3-2-4-6-11/h2-8H,9H2,1H3. The van der Waals surface area contributed by atoms with Crippen molar-refractivity contribution in [1.29, 1.82) is 5.26 Å². The number of halogens is 1. The van der Waals surface area contributed by atoms with Gasteiger partial charge in [-0.25, -0.2) is 4.39 Å². The third-order valence-corrected chi connectivity index (χ3v) is 2.93. The van der Waals surface area contributed by atoms with Gasteiger partial charge in [-0.05, 0) is 17.2 Å². The lowest BCUT2D eigenvalue weighted by Gasteiger charge is -2.27. The van der Waals surface area contributed by atoms with Crippen LogP contribution in [-0.2, 0) is 4.74 Å². The molecule has 0 aromatic heterocycles. The van der Waals surface area contributed by atoms with E-state index in [9.17, 15) is 4.39 Å². The first-order valence-electron chi connectivity index (χ1n) is 5.30. The molecule has 0 N–H and O–H groups in total. The number of nitrogens with zero attached hydrogens (tertiary/aromatic N) is 1. The summed E-state index contributed by atoms with van der Waals surface area (Å²) in [5, 5.41) is 9.09. The van der Waals surface area contributed by atoms with Crippen molar-refractivity contribution < 1.29 is 9.13 Å². The maximum Gasteiger partial charge on any atom is 0.209 e. The average Bonchev–Trinajstić information content (AvgIpc) is 2.41. The quantitative estimate of drug-likeness (QED) is 0.780. The molecule has 1 atom stereocenters. The zero-order valence-corrected chi connectivity index (χ0v) is 9.48. The molecule has 0 bridgehead atoms. The van der Waals surface area contributed by atoms with Crippen LogP contribution >= 0.6 is 0 Å². The van der Waals surface area contributed by atoms with Gasteiger partial charge >= 0.3 is 0 Å². The highest BCUT2D eigenvalue weighted by Crippen LogP contribution is 2.36. The van der Waals surface area contributed by atoms with Crippen molar-refractivity contribution in [1.82, 2.24) is 0 Å². The predicted molar refractivity (Wildman–Crippen MR) is 63.6 cm³/mol. The van der Waals surface area contributed by atoms with Crippen LogP contribution < -0.4 is 0 Å². The van der Waals surface area contributed by atoms with E-state index in [-0.39, 0.29) is 6.42 Å². The predicted octanol–water partition coefficient (Wildman–Crippen LogP) is 3.24. The lowest BCUT2D eigenvalue weighted by atomic mass is 9.86. The van der Waals surface area contributed by atoms with Gasteiger partial charge in [0.1, 0.15) is 11.9 Å². The summed E-state index contributed by atoms with van der Waals surface area (Å²) in [6.07, 6.45) is 3.23. The molecule has 1 aromatic carbocycles. The summed E-state index contributed by atoms with van der Waals surface area (Å²) in [6.45, 7) is 0. The maximum atomic E-state index is 13.7. The summed E-state index contributed by atoms with van der Waals surface area (Å²) in [7, 11) is 1.35. The molecule has 0 amide bonds. The largest absolute Gasteiger partial charge is 0.357 e. The Morgan fingerprint density at radius 1 is 1.29 bits per heavy atom. The van der Waals surface area contributed by atoms with Crippen molar-refractivity contribution in [2.45, 2.75) is 12.0 Å². The van der Waals surface area contributed by atoms with E-state index in [1.54, 1.807) is 6.08 Å². The number of rotatable bonds is 2. The van der Waals surface area contributed by atoms with Gasteiger partial charge in [-0.2, -0.15) is 5.26 Å². The van der Waals surface area contributed by atoms with Crippen molar-refractivity contribution in [3.63, 3.8) is 0 Å². The third-order valence-electron chi connectivity index (χ3n) is 2.93. The lowest BCUT2D eigenvalue weighted by molar-refractivity contribution is 0.0548. The molecule has 0 saturated heterocycles. The van der Waals surface area contributed by atoms with Crippen LogP contribution in [0.5, 0.6) is 0 Å². The Bertz CT molecular complexity index is 513. The highest BCUT2D eigenvalue weighted by Gasteiger charge is 2.38. The second-order valence-corrected chi connectivity index (χ2v) is 3.89. The number of methoxy groups -OCH3 is 1. The van der Waals surface area contributed by atoms with Gasteiger partial charge in [0.05, 0.1) is 0 Å². The van der Waals surface area contributed by atoms with E-state index in [4.69, 9.17) is 10.00 Å². The topological polar surface area (TPSA) is 33.0 Å². The molecule has 0 fully saturated rings. The Hall–Kier alpha value is -1.92. The molecule has 0 radical (unpaired) electrons. The molecular formula is C14H12FNO. The maximum absolute atomic E-state index is 13.7. The van der Waals surface area contributed by atoms with Gasteiger partial charge in [0.2, 0.25) is 5.60 Å². The van der Waals surface area contributed by atoms with E-state index >= 15 is 0 Å². The van der Waals surface area contributed by atoms with Crippen LogP contribution in [0.25, 0.3) is 5.57 Å². The van der Waals surface area contributed by atoms with Crippen LogP contribution in [0.4, 0.5) is 4.39 Å². The molecule has 17 heavy (non-hydrogen) atoms. The van der Waals surface area contributed by atoms with Crippen LogP contribution in [0, 0.1) is 11.3 Å². The first kappa shape index (κ1) is 11.6. The van der Waals surface area contributed by atoms with Crippen molar-refractivity contribution in [3.8, 4) is 6.07 Å². The van der Waals surface area contributed by atoms with Crippen molar-refractivity contribution in [2.75, 3.05) is 7.11 Å². The van der Waals surface area contributed by atoms with E-state index in [0.717, 1.165) is 11.1 Å². The summed E-state index contributed by atoms with van der Waals surface area (Å²) in [5.41, 5.74) is 0.406. The molecule has 1 aliphatic carbocycles. The normalized spacial score (nSPS) is 23.6. The van der Waals surface area contributed by atoms with Crippen LogP contribution in [0.15, 0.2) is 48.3 Å². The van der Waals surface area contributed by atoms with Crippen LogP contribution in [-0.4, -0.2) is 12.7 Å². The smallest absolute Gasteiger partial charge is 0.209 e. The summed E-state index contributed by atoms with van der Waals surface area (Å²) < 4.78 is 18.7. The minimum Gasteiger partial charge on any atom is -0.357 e. The van der Waals surface area contributed by atoms with E-state index in [2.05, 4.69) is 0 Å². The van der Waals surface area contributed by atoms with Crippen molar-refractivity contribution in [3.05, 3.63) is 53.9 Å². The Morgan fingerprint density at radius 3 is 2.59 bits per heavy atom. The second kappa shape index (κ2) is 4.52. The molecule has 0 heterocycles. The summed E-state index contributed by atoms with van der Waals surface area (Å²) in [4.78, 5) is 0. The third kappa shape index (κ3) is 2.00. The Balaban J connectivity index is 2.39. The fourth-order valence-electron chi connectivity index (χ4n) is 1.88. The number of allylic oxidation sites excluding steroid dienone is 2. The van der Waals surface area contributed by atoms with Gasteiger partial charge in [0, 0.05) is 13.5 Å². The zero-order chi connectivity index (χ0) is 12.3. The van der Waals surface area contributed by atoms with Gasteiger partial charge in [0.15, 0.2) is 0 Å². The minimum atomic E-state index is -1.47. The van der Waals surface area contributed by atoms with E-state index in [0.29, 0.717) is 0 Å². The highest BCUT2D eigenvalue weighted by molar-refractivity contribution is 5.71. The number of hydrogen-bond donors (Lipinski definition) is 0. The van der Waals surface area contributed by atoms with Crippen LogP contribution in [0.1, 0.15) is 12.0 Å². The number of ether oxygens (including phenoxy) is 1. The molecule has 2 nitrogen and oxygen atoms in total. The highest BCUT2D eigenvalue weighted by atomic mass is 19.1. The van der Waals surface area contributed by atoms with E-state index < -0.39 is 11.4 Å². The molecular weight excluding hydrogens is 217 g/mol. The van der Waals surface area contributed by atoms with Gasteiger partial charge in [0.25, 0.3) is 0 Å². The zero-order valence-electron chi connectivity index (χ0n) is 9.48. The molecule has 0 aliphatic heterocycles. The van der Waals surface area contributed by atoms with Gasteiger partial charge in [-0.3, -0.25) is 0 Å². The molecule has 1 aliphatic rings. The van der Waals surface area contributed by atoms with Crippen molar-refractivity contribution in [2.24, 2.45) is 0 Å². The van der Waals surface area contributed by atoms with Gasteiger partial charge in [-0.1, -0.05) is 36.4 Å². The Morgan fingerprint density at radius 2 is 2.00 bits per heavy atom. The molecule has 0 saturated carbocycles. The van der Waals surface area contributed by atoms with Crippen LogP contribution in [0.2, 0.25) is 0 Å². The Labute approximate surface area is 99.6 Å². The van der Waals surface area contributed by atoms with E-state index in [1.165, 1.54) is 13.2 Å². The molecule has 2 rings (SSSR count). The SMILES string of the molecule is COC1(C#N)CC(c2ccccc2)=CC=C1F. The fraction of sp³-hybridized carbons (Fsp3) is 0.214. The summed E-state index contributed by atoms with van der Waals surface area (Å²) >= 11 is 0. The van der Waals surface area contributed by atoms with Gasteiger partial charge in [-0.15, -0.1) is 0 Å². The Kier molecular flexibility index (Phi) is 3.08. The monoisotopic (exact) mass is 229 g/mol. The number of hydrogen-bond acceptors (Lipinski definition) is 2. The average molecular weight is 229 g/mol. The molecule has 86 valence electrons. The first-order chi connectivity index (χ1) is 8.22. The van der Waals surface area contributed by atoms with Crippen LogP contribution in [0.3, 0.4) is 0 Å². The van der Waals surface area contributed by atoms with E-state index in [1.807, 2.05) is 36.4 Å². The van der Waals surface area contributed by atoms with Gasteiger partial charge < -0.3 is 4.74 Å². The lowest BCUT2D eigenvalue weighted by Crippen LogP contribution is -2.32. The second-order valence-electron chi connectivity index (χ2n) is 3.89. The summed E-state index contributed by atoms with van der Waals surface area (Å²) in [6, 6.07) is 11.5. The number of benzene rings is 1. The molecule has 3 heteroatoms. The molecule has 1 aromatic rings. The fourth-order valence-corrected chi connectivity index (χ4v) is 1.88. The number of nitriles is 1. The minimum absolute atomic E-state index is 0.229. The molecule has 0 spiro atoms. The summed E-state index contributed by atoms with van der Waals surface area (Å²) in [5.74, 6) is -0.540. The van der Waals surface area contributed by atoms with Crippen molar-refractivity contribution >= 4 is 5.57 Å². The first-order valence-corrected chi connectivity index (χ1v) is 5.30.